The minimum Gasteiger partial charge on any atom is -0.356 e. The van der Waals surface area contributed by atoms with Crippen LogP contribution in [-0.4, -0.2) is 30.3 Å². The molecule has 2 amide bonds. The normalized spacial score (nSPS) is 10.4. The SMILES string of the molecule is CC(=O)NCCC(=O)N(C)Cc1cccc2ccccc12. The number of fused-ring (bicyclic) bond motifs is 1. The minimum absolute atomic E-state index is 0.0247. The number of hydrogen-bond donors (Lipinski definition) is 1. The van der Waals surface area contributed by atoms with Gasteiger partial charge in [0, 0.05) is 33.5 Å². The number of rotatable bonds is 5. The Morgan fingerprint density at radius 3 is 2.57 bits per heavy atom. The Labute approximate surface area is 124 Å². The van der Waals surface area contributed by atoms with Crippen molar-refractivity contribution in [2.45, 2.75) is 19.9 Å². The Hall–Kier alpha value is -2.36. The maximum absolute atomic E-state index is 12.0. The molecule has 0 aliphatic carbocycles. The molecule has 110 valence electrons. The van der Waals surface area contributed by atoms with Crippen LogP contribution in [0.4, 0.5) is 0 Å². The summed E-state index contributed by atoms with van der Waals surface area (Å²) in [6, 6.07) is 14.3. The molecule has 0 unspecified atom stereocenters. The summed E-state index contributed by atoms with van der Waals surface area (Å²) in [5.41, 5.74) is 1.13. The molecule has 21 heavy (non-hydrogen) atoms. The van der Waals surface area contributed by atoms with Crippen LogP contribution < -0.4 is 5.32 Å². The second-order valence-electron chi connectivity index (χ2n) is 5.12. The van der Waals surface area contributed by atoms with Crippen LogP contribution >= 0.6 is 0 Å². The standard InChI is InChI=1S/C17H20N2O2/c1-13(20)18-11-10-17(21)19(2)12-15-8-5-7-14-6-3-4-9-16(14)15/h3-9H,10-12H2,1-2H3,(H,18,20). The Bertz CT molecular complexity index is 647. The Balaban J connectivity index is 2.02. The van der Waals surface area contributed by atoms with Crippen LogP contribution in [0.5, 0.6) is 0 Å². The van der Waals surface area contributed by atoms with E-state index in [-0.39, 0.29) is 11.8 Å². The zero-order chi connectivity index (χ0) is 15.2. The number of nitrogens with zero attached hydrogens (tertiary/aromatic N) is 1. The van der Waals surface area contributed by atoms with Crippen molar-refractivity contribution in [3.8, 4) is 0 Å². The Morgan fingerprint density at radius 1 is 1.10 bits per heavy atom. The number of carbonyl (C=O) groups excluding carboxylic acids is 2. The van der Waals surface area contributed by atoms with Gasteiger partial charge in [-0.25, -0.2) is 0 Å². The fraction of sp³-hybridized carbons (Fsp3) is 0.294. The summed E-state index contributed by atoms with van der Waals surface area (Å²) in [4.78, 5) is 24.5. The molecular formula is C17H20N2O2. The molecule has 0 spiro atoms. The first-order valence-electron chi connectivity index (χ1n) is 7.03. The quantitative estimate of drug-likeness (QED) is 0.916. The minimum atomic E-state index is -0.112. The van der Waals surface area contributed by atoms with Gasteiger partial charge in [0.05, 0.1) is 0 Å². The molecule has 1 N–H and O–H groups in total. The van der Waals surface area contributed by atoms with Crippen LogP contribution in [0, 0.1) is 0 Å². The van der Waals surface area contributed by atoms with Gasteiger partial charge in [0.15, 0.2) is 0 Å². The summed E-state index contributed by atoms with van der Waals surface area (Å²) in [7, 11) is 1.79. The second-order valence-corrected chi connectivity index (χ2v) is 5.12. The zero-order valence-electron chi connectivity index (χ0n) is 12.4. The summed E-state index contributed by atoms with van der Waals surface area (Å²) < 4.78 is 0. The van der Waals surface area contributed by atoms with Crippen molar-refractivity contribution < 1.29 is 9.59 Å². The van der Waals surface area contributed by atoms with Gasteiger partial charge >= 0.3 is 0 Å². The van der Waals surface area contributed by atoms with Gasteiger partial charge in [-0.1, -0.05) is 42.5 Å². The van der Waals surface area contributed by atoms with Crippen molar-refractivity contribution >= 4 is 22.6 Å². The number of carbonyl (C=O) groups is 2. The van der Waals surface area contributed by atoms with Crippen molar-refractivity contribution in [3.63, 3.8) is 0 Å². The lowest BCUT2D eigenvalue weighted by atomic mass is 10.0. The first-order chi connectivity index (χ1) is 10.1. The lowest BCUT2D eigenvalue weighted by Gasteiger charge is -2.18. The number of amides is 2. The molecule has 0 saturated heterocycles. The third-order valence-electron chi connectivity index (χ3n) is 3.43. The van der Waals surface area contributed by atoms with E-state index in [0.29, 0.717) is 19.5 Å². The van der Waals surface area contributed by atoms with Gasteiger partial charge in [0.2, 0.25) is 11.8 Å². The largest absolute Gasteiger partial charge is 0.356 e. The molecule has 0 atom stereocenters. The molecule has 4 heteroatoms. The Kier molecular flexibility index (Phi) is 4.93. The molecule has 0 aliphatic heterocycles. The highest BCUT2D eigenvalue weighted by Crippen LogP contribution is 2.19. The molecule has 4 nitrogen and oxygen atoms in total. The van der Waals surface area contributed by atoms with E-state index < -0.39 is 0 Å². The average Bonchev–Trinajstić information content (AvgIpc) is 2.47. The highest BCUT2D eigenvalue weighted by Gasteiger charge is 2.10. The van der Waals surface area contributed by atoms with E-state index in [1.807, 2.05) is 24.3 Å². The van der Waals surface area contributed by atoms with E-state index in [0.717, 1.165) is 5.56 Å². The summed E-state index contributed by atoms with van der Waals surface area (Å²) in [6.07, 6.45) is 0.320. The van der Waals surface area contributed by atoms with Crippen molar-refractivity contribution in [3.05, 3.63) is 48.0 Å². The van der Waals surface area contributed by atoms with E-state index in [9.17, 15) is 9.59 Å². The average molecular weight is 284 g/mol. The van der Waals surface area contributed by atoms with Gasteiger partial charge < -0.3 is 10.2 Å². The van der Waals surface area contributed by atoms with Gasteiger partial charge in [-0.3, -0.25) is 9.59 Å². The predicted octanol–water partition coefficient (Wildman–Crippen LogP) is 2.32. The molecule has 0 radical (unpaired) electrons. The molecule has 0 aliphatic rings. The number of nitrogens with one attached hydrogen (secondary N) is 1. The Morgan fingerprint density at radius 2 is 1.81 bits per heavy atom. The van der Waals surface area contributed by atoms with Crippen LogP contribution in [0.2, 0.25) is 0 Å². The molecule has 0 saturated carbocycles. The third-order valence-corrected chi connectivity index (χ3v) is 3.43. The number of benzene rings is 2. The maximum Gasteiger partial charge on any atom is 0.224 e. The summed E-state index contributed by atoms with van der Waals surface area (Å²) in [5, 5.41) is 4.98. The lowest BCUT2D eigenvalue weighted by molar-refractivity contribution is -0.130. The van der Waals surface area contributed by atoms with Gasteiger partial charge in [0.25, 0.3) is 0 Å². The number of hydrogen-bond acceptors (Lipinski definition) is 2. The second kappa shape index (κ2) is 6.88. The monoisotopic (exact) mass is 284 g/mol. The molecule has 2 rings (SSSR count). The third kappa shape index (κ3) is 4.05. The lowest BCUT2D eigenvalue weighted by Crippen LogP contribution is -2.31. The van der Waals surface area contributed by atoms with E-state index in [4.69, 9.17) is 0 Å². The van der Waals surface area contributed by atoms with Gasteiger partial charge in [-0.2, -0.15) is 0 Å². The maximum atomic E-state index is 12.0. The summed E-state index contributed by atoms with van der Waals surface area (Å²) >= 11 is 0. The topological polar surface area (TPSA) is 49.4 Å². The molecular weight excluding hydrogens is 264 g/mol. The first-order valence-corrected chi connectivity index (χ1v) is 7.03. The zero-order valence-corrected chi connectivity index (χ0v) is 12.4. The van der Waals surface area contributed by atoms with Crippen molar-refractivity contribution in [2.24, 2.45) is 0 Å². The fourth-order valence-corrected chi connectivity index (χ4v) is 2.31. The molecule has 0 aromatic heterocycles. The van der Waals surface area contributed by atoms with E-state index in [2.05, 4.69) is 23.5 Å². The van der Waals surface area contributed by atoms with Crippen molar-refractivity contribution in [1.82, 2.24) is 10.2 Å². The predicted molar refractivity (Wildman–Crippen MR) is 83.7 cm³/mol. The van der Waals surface area contributed by atoms with Crippen LogP contribution in [0.3, 0.4) is 0 Å². The van der Waals surface area contributed by atoms with E-state index >= 15 is 0 Å². The van der Waals surface area contributed by atoms with E-state index in [1.165, 1.54) is 17.7 Å². The molecule has 2 aromatic rings. The van der Waals surface area contributed by atoms with Gasteiger partial charge in [0.1, 0.15) is 0 Å². The molecule has 0 heterocycles. The van der Waals surface area contributed by atoms with Crippen molar-refractivity contribution in [2.75, 3.05) is 13.6 Å². The van der Waals surface area contributed by atoms with Crippen LogP contribution in [0.15, 0.2) is 42.5 Å². The summed E-state index contributed by atoms with van der Waals surface area (Å²) in [5.74, 6) is -0.0869. The molecule has 0 bridgehead atoms. The van der Waals surface area contributed by atoms with Crippen LogP contribution in [0.1, 0.15) is 18.9 Å². The van der Waals surface area contributed by atoms with E-state index in [1.54, 1.807) is 11.9 Å². The summed E-state index contributed by atoms with van der Waals surface area (Å²) in [6.45, 7) is 2.40. The van der Waals surface area contributed by atoms with Gasteiger partial charge in [-0.05, 0) is 16.3 Å². The molecule has 2 aromatic carbocycles. The highest BCUT2D eigenvalue weighted by molar-refractivity contribution is 5.86. The smallest absolute Gasteiger partial charge is 0.224 e. The van der Waals surface area contributed by atoms with Crippen LogP contribution in [0.25, 0.3) is 10.8 Å². The molecule has 0 fully saturated rings. The fourth-order valence-electron chi connectivity index (χ4n) is 2.31. The highest BCUT2D eigenvalue weighted by atomic mass is 16.2. The van der Waals surface area contributed by atoms with Crippen LogP contribution in [-0.2, 0) is 16.1 Å². The first kappa shape index (κ1) is 15.0. The van der Waals surface area contributed by atoms with Gasteiger partial charge in [-0.15, -0.1) is 0 Å². The van der Waals surface area contributed by atoms with Crippen molar-refractivity contribution in [1.29, 1.82) is 0 Å².